The van der Waals surface area contributed by atoms with Crippen molar-refractivity contribution in [2.75, 3.05) is 62.3 Å². The Kier molecular flexibility index (Phi) is 13.7. The van der Waals surface area contributed by atoms with Crippen molar-refractivity contribution in [3.05, 3.63) is 0 Å². The second-order valence-electron chi connectivity index (χ2n) is 11.2. The summed E-state index contributed by atoms with van der Waals surface area (Å²) in [6.07, 6.45) is 4.71. The summed E-state index contributed by atoms with van der Waals surface area (Å²) in [5.41, 5.74) is 0.617. The highest BCUT2D eigenvalue weighted by molar-refractivity contribution is 8.02. The average Bonchev–Trinajstić information content (AvgIpc) is 3.25. The van der Waals surface area contributed by atoms with Crippen molar-refractivity contribution in [2.45, 2.75) is 67.2 Å². The van der Waals surface area contributed by atoms with E-state index in [1.54, 1.807) is 0 Å². The highest BCUT2D eigenvalue weighted by Gasteiger charge is 2.31. The van der Waals surface area contributed by atoms with Crippen LogP contribution in [0.5, 0.6) is 0 Å². The van der Waals surface area contributed by atoms with E-state index in [-0.39, 0.29) is 0 Å². The van der Waals surface area contributed by atoms with Gasteiger partial charge in [-0.05, 0) is 86.3 Å². The zero-order valence-corrected chi connectivity index (χ0v) is 28.0. The molecule has 0 bridgehead atoms. The molecule has 0 aromatic carbocycles. The third kappa shape index (κ3) is 10.1. The highest BCUT2D eigenvalue weighted by Crippen LogP contribution is 2.30. The molecule has 0 spiro atoms. The van der Waals surface area contributed by atoms with E-state index in [2.05, 4.69) is 84.7 Å². The van der Waals surface area contributed by atoms with Gasteiger partial charge < -0.3 is 19.6 Å². The Morgan fingerprint density at radius 3 is 1.28 bits per heavy atom. The molecule has 0 aromatic heterocycles. The van der Waals surface area contributed by atoms with E-state index in [4.69, 9.17) is 48.9 Å². The SMILES string of the molecule is CCN1CC(=S)N(CCC(C)(C)CCSCCSCCC(C)(C)CCN2C(=S)CN(CC)C2=S)C1=S. The lowest BCUT2D eigenvalue weighted by atomic mass is 9.86. The molecule has 206 valence electrons. The van der Waals surface area contributed by atoms with E-state index in [1.807, 2.05) is 0 Å². The summed E-state index contributed by atoms with van der Waals surface area (Å²) in [7, 11) is 0. The summed E-state index contributed by atoms with van der Waals surface area (Å²) < 4.78 is 0. The van der Waals surface area contributed by atoms with Gasteiger partial charge >= 0.3 is 0 Å². The maximum absolute atomic E-state index is 5.61. The maximum atomic E-state index is 5.61. The fraction of sp³-hybridized carbons (Fsp3) is 0.846. The number of hydrogen-bond acceptors (Lipinski definition) is 6. The lowest BCUT2D eigenvalue weighted by molar-refractivity contribution is 0.305. The molecule has 0 atom stereocenters. The highest BCUT2D eigenvalue weighted by atomic mass is 32.2. The van der Waals surface area contributed by atoms with Gasteiger partial charge in [-0.1, -0.05) is 52.1 Å². The van der Waals surface area contributed by atoms with E-state index in [0.29, 0.717) is 10.8 Å². The molecule has 0 saturated carbocycles. The van der Waals surface area contributed by atoms with E-state index < -0.39 is 0 Å². The molecule has 2 rings (SSSR count). The molecule has 2 aliphatic rings. The molecule has 4 nitrogen and oxygen atoms in total. The van der Waals surface area contributed by atoms with Gasteiger partial charge in [-0.2, -0.15) is 23.5 Å². The van der Waals surface area contributed by atoms with Gasteiger partial charge in [0.2, 0.25) is 0 Å². The number of likely N-dealkylation sites (N-methyl/N-ethyl adjacent to an activating group) is 2. The third-order valence-electron chi connectivity index (χ3n) is 7.26. The zero-order valence-electron chi connectivity index (χ0n) is 23.1. The van der Waals surface area contributed by atoms with Gasteiger partial charge in [-0.15, -0.1) is 0 Å². The van der Waals surface area contributed by atoms with E-state index in [0.717, 1.165) is 72.3 Å². The monoisotopic (exact) mass is 606 g/mol. The molecule has 0 N–H and O–H groups in total. The molecule has 2 saturated heterocycles. The van der Waals surface area contributed by atoms with Crippen LogP contribution in [0, 0.1) is 10.8 Å². The lowest BCUT2D eigenvalue weighted by Gasteiger charge is -2.28. The molecule has 0 radical (unpaired) electrons. The Labute approximate surface area is 251 Å². The molecule has 2 heterocycles. The number of thioether (sulfide) groups is 2. The predicted octanol–water partition coefficient (Wildman–Crippen LogP) is 6.57. The first-order chi connectivity index (χ1) is 16.9. The van der Waals surface area contributed by atoms with Gasteiger partial charge in [-0.25, -0.2) is 0 Å². The van der Waals surface area contributed by atoms with Crippen LogP contribution >= 0.6 is 72.4 Å². The van der Waals surface area contributed by atoms with Crippen molar-refractivity contribution >= 4 is 92.6 Å². The van der Waals surface area contributed by atoms with Crippen LogP contribution in [0.4, 0.5) is 0 Å². The Morgan fingerprint density at radius 1 is 0.611 bits per heavy atom. The van der Waals surface area contributed by atoms with Crippen molar-refractivity contribution in [2.24, 2.45) is 10.8 Å². The van der Waals surface area contributed by atoms with Crippen LogP contribution in [-0.2, 0) is 0 Å². The quantitative estimate of drug-likeness (QED) is 0.133. The van der Waals surface area contributed by atoms with E-state index in [9.17, 15) is 0 Å². The summed E-state index contributed by atoms with van der Waals surface area (Å²) in [5, 5.41) is 1.83. The minimum atomic E-state index is 0.309. The van der Waals surface area contributed by atoms with Gasteiger partial charge in [0, 0.05) is 37.7 Å². The first-order valence-corrected chi connectivity index (χ1v) is 17.2. The molecular weight excluding hydrogens is 561 g/mol. The second-order valence-corrected chi connectivity index (χ2v) is 15.4. The van der Waals surface area contributed by atoms with Crippen LogP contribution < -0.4 is 0 Å². The molecule has 0 amide bonds. The third-order valence-corrected chi connectivity index (χ3v) is 11.1. The largest absolute Gasteiger partial charge is 0.342 e. The standard InChI is InChI=1S/C26H46N4S6/c1-7-27-19-21(31)29(23(27)33)13-9-25(3,4)11-15-35-17-18-36-16-12-26(5,6)10-14-30-22(32)20-28(8-2)24(30)34/h7-20H2,1-6H3. The first-order valence-electron chi connectivity index (χ1n) is 13.2. The summed E-state index contributed by atoms with van der Waals surface area (Å²) in [5.74, 6) is 4.91. The Hall–Kier alpha value is 0.260. The molecular formula is C26H46N4S6. The lowest BCUT2D eigenvalue weighted by Crippen LogP contribution is -2.35. The number of nitrogens with zero attached hydrogens (tertiary/aromatic N) is 4. The summed E-state index contributed by atoms with van der Waals surface area (Å²) in [4.78, 5) is 10.7. The molecule has 0 aliphatic carbocycles. The average molecular weight is 607 g/mol. The Bertz CT molecular complexity index is 720. The molecule has 10 heteroatoms. The van der Waals surface area contributed by atoms with Gasteiger partial charge in [0.15, 0.2) is 10.2 Å². The van der Waals surface area contributed by atoms with Gasteiger partial charge in [-0.3, -0.25) is 0 Å². The fourth-order valence-electron chi connectivity index (χ4n) is 4.22. The Morgan fingerprint density at radius 2 is 0.972 bits per heavy atom. The molecule has 0 aromatic rings. The topological polar surface area (TPSA) is 13.0 Å². The summed E-state index contributed by atoms with van der Waals surface area (Å²) in [6, 6.07) is 0. The van der Waals surface area contributed by atoms with Gasteiger partial charge in [0.05, 0.1) is 13.1 Å². The second kappa shape index (κ2) is 15.2. The van der Waals surface area contributed by atoms with Crippen LogP contribution in [0.25, 0.3) is 0 Å². The van der Waals surface area contributed by atoms with Crippen LogP contribution in [0.15, 0.2) is 0 Å². The molecule has 2 fully saturated rings. The van der Waals surface area contributed by atoms with Crippen molar-refractivity contribution < 1.29 is 0 Å². The number of rotatable bonds is 17. The van der Waals surface area contributed by atoms with Crippen LogP contribution in [0.3, 0.4) is 0 Å². The van der Waals surface area contributed by atoms with Crippen LogP contribution in [0.2, 0.25) is 0 Å². The maximum Gasteiger partial charge on any atom is 0.176 e. The minimum absolute atomic E-state index is 0.309. The first kappa shape index (κ1) is 32.5. The van der Waals surface area contributed by atoms with Gasteiger partial charge in [0.1, 0.15) is 9.98 Å². The van der Waals surface area contributed by atoms with Crippen molar-refractivity contribution in [1.29, 1.82) is 0 Å². The number of thiocarbonyl (C=S) groups is 4. The number of hydrogen-bond donors (Lipinski definition) is 0. The smallest absolute Gasteiger partial charge is 0.176 e. The van der Waals surface area contributed by atoms with E-state index in [1.165, 1.54) is 35.9 Å². The minimum Gasteiger partial charge on any atom is -0.342 e. The van der Waals surface area contributed by atoms with E-state index >= 15 is 0 Å². The van der Waals surface area contributed by atoms with Crippen LogP contribution in [-0.4, -0.2) is 102 Å². The predicted molar refractivity (Wildman–Crippen MR) is 179 cm³/mol. The van der Waals surface area contributed by atoms with Crippen molar-refractivity contribution in [3.63, 3.8) is 0 Å². The van der Waals surface area contributed by atoms with Gasteiger partial charge in [0.25, 0.3) is 0 Å². The molecule has 36 heavy (non-hydrogen) atoms. The van der Waals surface area contributed by atoms with Crippen molar-refractivity contribution in [3.8, 4) is 0 Å². The summed E-state index contributed by atoms with van der Waals surface area (Å²) in [6.45, 7) is 19.2. The molecule has 0 unspecified atom stereocenters. The summed E-state index contributed by atoms with van der Waals surface area (Å²) >= 11 is 26.5. The Balaban J connectivity index is 1.54. The molecule has 2 aliphatic heterocycles. The zero-order chi connectivity index (χ0) is 26.9. The van der Waals surface area contributed by atoms with Crippen LogP contribution in [0.1, 0.15) is 67.2 Å². The fourth-order valence-corrected chi connectivity index (χ4v) is 8.54. The van der Waals surface area contributed by atoms with Crippen molar-refractivity contribution in [1.82, 2.24) is 19.6 Å². The normalized spacial score (nSPS) is 17.4.